The third-order valence-electron chi connectivity index (χ3n) is 3.01. The van der Waals surface area contributed by atoms with Gasteiger partial charge in [0.05, 0.1) is 11.1 Å². The van der Waals surface area contributed by atoms with Crippen molar-refractivity contribution in [3.63, 3.8) is 0 Å². The van der Waals surface area contributed by atoms with Crippen molar-refractivity contribution in [2.24, 2.45) is 0 Å². The number of para-hydroxylation sites is 1. The van der Waals surface area contributed by atoms with Gasteiger partial charge >= 0.3 is 5.97 Å². The molecule has 1 aromatic heterocycles. The van der Waals surface area contributed by atoms with Crippen LogP contribution < -0.4 is 0 Å². The zero-order valence-electron chi connectivity index (χ0n) is 10.8. The standard InChI is InChI=1S/C16H10BrNO2S/c17-12-6-2-4-8-14(12)21-15-10-5-1-3-7-13(10)18-9-11(15)16(19)20/h1-9H,(H,19,20). The highest BCUT2D eigenvalue weighted by molar-refractivity contribution is 9.10. The van der Waals surface area contributed by atoms with E-state index in [-0.39, 0.29) is 5.56 Å². The van der Waals surface area contributed by atoms with Crippen molar-refractivity contribution in [2.75, 3.05) is 0 Å². The molecule has 0 saturated heterocycles. The second-order valence-electron chi connectivity index (χ2n) is 4.36. The van der Waals surface area contributed by atoms with Gasteiger partial charge in [-0.05, 0) is 34.1 Å². The van der Waals surface area contributed by atoms with Crippen LogP contribution in [0.4, 0.5) is 0 Å². The van der Waals surface area contributed by atoms with E-state index in [1.54, 1.807) is 0 Å². The van der Waals surface area contributed by atoms with Crippen LogP contribution in [0.15, 0.2) is 69.0 Å². The van der Waals surface area contributed by atoms with Gasteiger partial charge in [0.1, 0.15) is 0 Å². The number of carboxylic acid groups (broad SMARTS) is 1. The number of aromatic nitrogens is 1. The lowest BCUT2D eigenvalue weighted by Gasteiger charge is -2.10. The Hall–Kier alpha value is -1.85. The van der Waals surface area contributed by atoms with Crippen molar-refractivity contribution in [3.05, 3.63) is 64.8 Å². The summed E-state index contributed by atoms with van der Waals surface area (Å²) in [5.74, 6) is -0.970. The third-order valence-corrected chi connectivity index (χ3v) is 5.18. The van der Waals surface area contributed by atoms with E-state index >= 15 is 0 Å². The topological polar surface area (TPSA) is 50.2 Å². The normalized spacial score (nSPS) is 10.7. The van der Waals surface area contributed by atoms with Gasteiger partial charge in [-0.1, -0.05) is 42.1 Å². The second kappa shape index (κ2) is 5.87. The minimum absolute atomic E-state index is 0.217. The van der Waals surface area contributed by atoms with Gasteiger partial charge < -0.3 is 5.11 Å². The molecule has 1 N–H and O–H groups in total. The van der Waals surface area contributed by atoms with E-state index < -0.39 is 5.97 Å². The van der Waals surface area contributed by atoms with Gasteiger partial charge in [0.15, 0.2) is 0 Å². The maximum atomic E-state index is 11.5. The predicted octanol–water partition coefficient (Wildman–Crippen LogP) is 4.85. The number of benzene rings is 2. The van der Waals surface area contributed by atoms with Crippen LogP contribution in [0.25, 0.3) is 10.9 Å². The Bertz CT molecular complexity index is 835. The molecule has 0 radical (unpaired) electrons. The minimum Gasteiger partial charge on any atom is -0.478 e. The number of carboxylic acids is 1. The van der Waals surface area contributed by atoms with E-state index in [2.05, 4.69) is 20.9 Å². The third kappa shape index (κ3) is 2.80. The second-order valence-corrected chi connectivity index (χ2v) is 6.26. The molecule has 0 aliphatic rings. The van der Waals surface area contributed by atoms with Crippen molar-refractivity contribution < 1.29 is 9.90 Å². The van der Waals surface area contributed by atoms with Crippen LogP contribution >= 0.6 is 27.7 Å². The number of halogens is 1. The highest BCUT2D eigenvalue weighted by Gasteiger charge is 2.16. The van der Waals surface area contributed by atoms with Gasteiger partial charge in [0.2, 0.25) is 0 Å². The first-order chi connectivity index (χ1) is 10.2. The first kappa shape index (κ1) is 14.1. The maximum Gasteiger partial charge on any atom is 0.338 e. The number of pyridine rings is 1. The summed E-state index contributed by atoms with van der Waals surface area (Å²) in [6.45, 7) is 0. The Morgan fingerprint density at radius 2 is 1.81 bits per heavy atom. The van der Waals surface area contributed by atoms with E-state index in [4.69, 9.17) is 0 Å². The Morgan fingerprint density at radius 1 is 1.10 bits per heavy atom. The Balaban J connectivity index is 2.21. The van der Waals surface area contributed by atoms with Gasteiger partial charge in [-0.2, -0.15) is 0 Å². The zero-order valence-corrected chi connectivity index (χ0v) is 13.2. The Morgan fingerprint density at radius 3 is 2.57 bits per heavy atom. The van der Waals surface area contributed by atoms with E-state index in [1.165, 1.54) is 18.0 Å². The molecule has 3 nitrogen and oxygen atoms in total. The quantitative estimate of drug-likeness (QED) is 0.726. The summed E-state index contributed by atoms with van der Waals surface area (Å²) < 4.78 is 0.937. The van der Waals surface area contributed by atoms with Crippen molar-refractivity contribution in [1.29, 1.82) is 0 Å². The molecule has 0 aliphatic heterocycles. The lowest BCUT2D eigenvalue weighted by Crippen LogP contribution is -2.01. The molecule has 1 heterocycles. The van der Waals surface area contributed by atoms with Gasteiger partial charge in [-0.25, -0.2) is 4.79 Å². The highest BCUT2D eigenvalue weighted by Crippen LogP contribution is 2.38. The van der Waals surface area contributed by atoms with Crippen molar-refractivity contribution in [3.8, 4) is 0 Å². The Labute approximate surface area is 134 Å². The number of carbonyl (C=O) groups is 1. The van der Waals surface area contributed by atoms with E-state index in [0.29, 0.717) is 4.90 Å². The molecule has 5 heteroatoms. The molecule has 0 spiro atoms. The molecule has 21 heavy (non-hydrogen) atoms. The molecule has 0 amide bonds. The van der Waals surface area contributed by atoms with Crippen LogP contribution in [-0.2, 0) is 0 Å². The van der Waals surface area contributed by atoms with Crippen molar-refractivity contribution in [1.82, 2.24) is 4.98 Å². The summed E-state index contributed by atoms with van der Waals surface area (Å²) in [4.78, 5) is 17.4. The molecule has 0 aliphatic carbocycles. The average molecular weight is 360 g/mol. The van der Waals surface area contributed by atoms with E-state index in [9.17, 15) is 9.90 Å². The molecule has 3 rings (SSSR count). The number of rotatable bonds is 3. The number of hydrogen-bond acceptors (Lipinski definition) is 3. The molecule has 2 aromatic carbocycles. The summed E-state index contributed by atoms with van der Waals surface area (Å²) in [5, 5.41) is 10.3. The fourth-order valence-corrected chi connectivity index (χ4v) is 3.61. The lowest BCUT2D eigenvalue weighted by atomic mass is 10.1. The number of nitrogens with zero attached hydrogens (tertiary/aromatic N) is 1. The van der Waals surface area contributed by atoms with Crippen molar-refractivity contribution >= 4 is 44.6 Å². The molecule has 0 atom stereocenters. The summed E-state index contributed by atoms with van der Waals surface area (Å²) in [6.07, 6.45) is 1.42. The summed E-state index contributed by atoms with van der Waals surface area (Å²) in [6, 6.07) is 15.3. The number of hydrogen-bond donors (Lipinski definition) is 1. The monoisotopic (exact) mass is 359 g/mol. The maximum absolute atomic E-state index is 11.5. The number of aromatic carboxylic acids is 1. The van der Waals surface area contributed by atoms with Crippen LogP contribution in [0, 0.1) is 0 Å². The zero-order chi connectivity index (χ0) is 14.8. The fourth-order valence-electron chi connectivity index (χ4n) is 2.02. The smallest absolute Gasteiger partial charge is 0.338 e. The molecule has 0 bridgehead atoms. The molecular weight excluding hydrogens is 350 g/mol. The van der Waals surface area contributed by atoms with Crippen LogP contribution in [0.5, 0.6) is 0 Å². The van der Waals surface area contributed by atoms with Crippen molar-refractivity contribution in [2.45, 2.75) is 9.79 Å². The summed E-state index contributed by atoms with van der Waals surface area (Å²) >= 11 is 4.93. The first-order valence-corrected chi connectivity index (χ1v) is 7.81. The van der Waals surface area contributed by atoms with Crippen LogP contribution in [0.2, 0.25) is 0 Å². The van der Waals surface area contributed by atoms with Crippen LogP contribution in [0.1, 0.15) is 10.4 Å². The molecule has 0 fully saturated rings. The Kier molecular flexibility index (Phi) is 3.94. The largest absolute Gasteiger partial charge is 0.478 e. The fraction of sp³-hybridized carbons (Fsp3) is 0. The molecular formula is C16H10BrNO2S. The van der Waals surface area contributed by atoms with Gasteiger partial charge in [-0.3, -0.25) is 4.98 Å². The molecule has 104 valence electrons. The molecule has 3 aromatic rings. The summed E-state index contributed by atoms with van der Waals surface area (Å²) in [5.41, 5.74) is 1.01. The highest BCUT2D eigenvalue weighted by atomic mass is 79.9. The SMILES string of the molecule is O=C(O)c1cnc2ccccc2c1Sc1ccccc1Br. The minimum atomic E-state index is -0.970. The van der Waals surface area contributed by atoms with E-state index in [0.717, 1.165) is 20.3 Å². The average Bonchev–Trinajstić information content (AvgIpc) is 2.49. The molecule has 0 unspecified atom stereocenters. The van der Waals surface area contributed by atoms with Crippen LogP contribution in [0.3, 0.4) is 0 Å². The van der Waals surface area contributed by atoms with Gasteiger partial charge in [0.25, 0.3) is 0 Å². The van der Waals surface area contributed by atoms with Crippen LogP contribution in [-0.4, -0.2) is 16.1 Å². The first-order valence-electron chi connectivity index (χ1n) is 6.20. The van der Waals surface area contributed by atoms with Gasteiger partial charge in [0, 0.05) is 25.8 Å². The van der Waals surface area contributed by atoms with Gasteiger partial charge in [-0.15, -0.1) is 0 Å². The predicted molar refractivity (Wildman–Crippen MR) is 87.0 cm³/mol. The molecule has 0 saturated carbocycles. The lowest BCUT2D eigenvalue weighted by molar-refractivity contribution is 0.0693. The van der Waals surface area contributed by atoms with E-state index in [1.807, 2.05) is 48.5 Å². The number of fused-ring (bicyclic) bond motifs is 1. The summed E-state index contributed by atoms with van der Waals surface area (Å²) in [7, 11) is 0.